The molecule has 0 bridgehead atoms. The van der Waals surface area contributed by atoms with Crippen molar-refractivity contribution in [1.82, 2.24) is 14.6 Å². The van der Waals surface area contributed by atoms with Crippen LogP contribution in [0.2, 0.25) is 0 Å². The molecule has 1 amide bonds. The number of benzene rings is 1. The van der Waals surface area contributed by atoms with Gasteiger partial charge in [-0.25, -0.2) is 17.7 Å². The van der Waals surface area contributed by atoms with Crippen molar-refractivity contribution in [1.29, 1.82) is 0 Å². The Bertz CT molecular complexity index is 858. The van der Waals surface area contributed by atoms with Gasteiger partial charge in [0.05, 0.1) is 11.1 Å². The third kappa shape index (κ3) is 3.29. The monoisotopic (exact) mass is 359 g/mol. The van der Waals surface area contributed by atoms with E-state index in [1.165, 1.54) is 32.4 Å². The molecule has 0 radical (unpaired) electrons. The summed E-state index contributed by atoms with van der Waals surface area (Å²) in [5, 5.41) is 3.03. The van der Waals surface area contributed by atoms with Crippen LogP contribution < -0.4 is 5.32 Å². The normalized spacial score (nSPS) is 16.3. The molecule has 1 N–H and O–H groups in total. The van der Waals surface area contributed by atoms with Gasteiger partial charge in [-0.1, -0.05) is 30.3 Å². The highest BCUT2D eigenvalue weighted by molar-refractivity contribution is 7.89. The maximum atomic E-state index is 12.6. The topological polar surface area (TPSA) is 79.4 Å². The van der Waals surface area contributed by atoms with Gasteiger partial charge in [-0.15, -0.1) is 0 Å². The van der Waals surface area contributed by atoms with E-state index >= 15 is 0 Å². The van der Waals surface area contributed by atoms with Crippen LogP contribution in [0.15, 0.2) is 53.7 Å². The molecule has 1 heterocycles. The zero-order chi connectivity index (χ0) is 18.1. The smallest absolute Gasteiger partial charge is 0.260 e. The molecule has 1 aliphatic carbocycles. The molecular weight excluding hydrogens is 338 g/mol. The number of rotatable bonds is 5. The Morgan fingerprint density at radius 1 is 1.12 bits per heavy atom. The van der Waals surface area contributed by atoms with Crippen molar-refractivity contribution in [3.05, 3.63) is 59.8 Å². The van der Waals surface area contributed by atoms with E-state index in [1.54, 1.807) is 0 Å². The summed E-state index contributed by atoms with van der Waals surface area (Å²) in [6.45, 7) is 0. The first-order chi connectivity index (χ1) is 11.8. The molecule has 0 spiro atoms. The van der Waals surface area contributed by atoms with Crippen LogP contribution in [0.3, 0.4) is 0 Å². The van der Waals surface area contributed by atoms with Gasteiger partial charge in [-0.05, 0) is 37.0 Å². The fourth-order valence-corrected chi connectivity index (χ4v) is 3.72. The molecule has 6 nitrogen and oxygen atoms in total. The fraction of sp³-hybridized carbons (Fsp3) is 0.333. The van der Waals surface area contributed by atoms with E-state index < -0.39 is 10.0 Å². The Morgan fingerprint density at radius 3 is 2.28 bits per heavy atom. The molecule has 1 aromatic carbocycles. The van der Waals surface area contributed by atoms with Crippen molar-refractivity contribution in [2.45, 2.75) is 29.8 Å². The van der Waals surface area contributed by atoms with Gasteiger partial charge < -0.3 is 5.32 Å². The Balaban J connectivity index is 1.80. The molecule has 2 aromatic rings. The van der Waals surface area contributed by atoms with Gasteiger partial charge in [0, 0.05) is 20.3 Å². The van der Waals surface area contributed by atoms with Crippen LogP contribution >= 0.6 is 0 Å². The molecule has 25 heavy (non-hydrogen) atoms. The van der Waals surface area contributed by atoms with Crippen LogP contribution in [0, 0.1) is 0 Å². The summed E-state index contributed by atoms with van der Waals surface area (Å²) >= 11 is 0. The van der Waals surface area contributed by atoms with Crippen LogP contribution in [0.5, 0.6) is 0 Å². The molecule has 1 fully saturated rings. The average molecular weight is 359 g/mol. The van der Waals surface area contributed by atoms with E-state index in [-0.39, 0.29) is 16.5 Å². The van der Waals surface area contributed by atoms with Gasteiger partial charge in [0.2, 0.25) is 0 Å². The summed E-state index contributed by atoms with van der Waals surface area (Å²) in [5.74, 6) is -0.246. The highest BCUT2D eigenvalue weighted by atomic mass is 32.2. The summed E-state index contributed by atoms with van der Waals surface area (Å²) in [4.78, 5) is 16.6. The number of amides is 1. The molecule has 1 saturated carbocycles. The zero-order valence-corrected chi connectivity index (χ0v) is 15.1. The van der Waals surface area contributed by atoms with Gasteiger partial charge >= 0.3 is 0 Å². The number of hydrogen-bond donors (Lipinski definition) is 1. The Kier molecular flexibility index (Phi) is 4.62. The van der Waals surface area contributed by atoms with Crippen molar-refractivity contribution in [2.75, 3.05) is 14.1 Å². The summed E-state index contributed by atoms with van der Waals surface area (Å²) in [5.41, 5.74) is 1.10. The third-order valence-corrected chi connectivity index (χ3v) is 6.36. The molecule has 1 aromatic heterocycles. The molecular formula is C18H21N3O3S. The Morgan fingerprint density at radius 2 is 1.80 bits per heavy atom. The number of aromatic nitrogens is 1. The minimum atomic E-state index is -3.60. The number of nitrogens with one attached hydrogen (secondary N) is 1. The number of carbonyl (C=O) groups is 1. The van der Waals surface area contributed by atoms with E-state index in [2.05, 4.69) is 10.3 Å². The second-order valence-electron chi connectivity index (χ2n) is 6.43. The van der Waals surface area contributed by atoms with Crippen LogP contribution in [0.25, 0.3) is 0 Å². The molecule has 3 rings (SSSR count). The van der Waals surface area contributed by atoms with E-state index in [1.807, 2.05) is 30.3 Å². The van der Waals surface area contributed by atoms with Gasteiger partial charge in [0.25, 0.3) is 15.9 Å². The predicted molar refractivity (Wildman–Crippen MR) is 94.5 cm³/mol. The minimum Gasteiger partial charge on any atom is -0.342 e. The van der Waals surface area contributed by atoms with E-state index in [0.717, 1.165) is 29.1 Å². The second kappa shape index (κ2) is 6.57. The number of carbonyl (C=O) groups excluding carboxylic acids is 1. The van der Waals surface area contributed by atoms with E-state index in [0.29, 0.717) is 5.56 Å². The summed E-state index contributed by atoms with van der Waals surface area (Å²) in [6, 6.07) is 12.8. The van der Waals surface area contributed by atoms with Crippen LogP contribution in [-0.4, -0.2) is 37.7 Å². The van der Waals surface area contributed by atoms with Gasteiger partial charge in [0.1, 0.15) is 0 Å². The Labute approximate surface area is 147 Å². The van der Waals surface area contributed by atoms with E-state index in [4.69, 9.17) is 0 Å². The first kappa shape index (κ1) is 17.6. The molecule has 0 saturated heterocycles. The molecule has 132 valence electrons. The quantitative estimate of drug-likeness (QED) is 0.887. The molecule has 1 aliphatic rings. The van der Waals surface area contributed by atoms with Gasteiger partial charge in [-0.2, -0.15) is 0 Å². The lowest BCUT2D eigenvalue weighted by atomic mass is 9.71. The largest absolute Gasteiger partial charge is 0.342 e. The predicted octanol–water partition coefficient (Wildman–Crippen LogP) is 2.14. The maximum absolute atomic E-state index is 12.6. The molecule has 0 unspecified atom stereocenters. The summed E-state index contributed by atoms with van der Waals surface area (Å²) in [6.07, 6.45) is 4.16. The van der Waals surface area contributed by atoms with Gasteiger partial charge in [-0.3, -0.25) is 4.79 Å². The van der Waals surface area contributed by atoms with Gasteiger partial charge in [0.15, 0.2) is 5.03 Å². The third-order valence-electron chi connectivity index (χ3n) is 4.63. The summed E-state index contributed by atoms with van der Waals surface area (Å²) < 4.78 is 25.2. The standard InChI is InChI=1S/C18H21N3O3S/c1-21(2)25(23,24)16-10-9-14(13-19-16)17(22)20-18(11-6-12-18)15-7-4-3-5-8-15/h3-5,7-10,13H,6,11-12H2,1-2H3,(H,20,22). The number of nitrogens with zero attached hydrogens (tertiary/aromatic N) is 2. The number of sulfonamides is 1. The first-order valence-corrected chi connectivity index (χ1v) is 9.56. The van der Waals surface area contributed by atoms with Crippen LogP contribution in [0.1, 0.15) is 35.2 Å². The highest BCUT2D eigenvalue weighted by Crippen LogP contribution is 2.41. The van der Waals surface area contributed by atoms with Crippen LogP contribution in [-0.2, 0) is 15.6 Å². The highest BCUT2D eigenvalue weighted by Gasteiger charge is 2.40. The molecule has 7 heteroatoms. The maximum Gasteiger partial charge on any atom is 0.260 e. The van der Waals surface area contributed by atoms with Crippen molar-refractivity contribution in [2.24, 2.45) is 0 Å². The number of pyridine rings is 1. The lowest BCUT2D eigenvalue weighted by molar-refractivity contribution is 0.0823. The molecule has 0 atom stereocenters. The first-order valence-electron chi connectivity index (χ1n) is 8.12. The lowest BCUT2D eigenvalue weighted by Gasteiger charge is -2.43. The van der Waals surface area contributed by atoms with E-state index in [9.17, 15) is 13.2 Å². The molecule has 0 aliphatic heterocycles. The fourth-order valence-electron chi connectivity index (χ4n) is 2.92. The SMILES string of the molecule is CN(C)S(=O)(=O)c1ccc(C(=O)NC2(c3ccccc3)CCC2)cn1. The Hall–Kier alpha value is -2.25. The van der Waals surface area contributed by atoms with Crippen molar-refractivity contribution < 1.29 is 13.2 Å². The lowest BCUT2D eigenvalue weighted by Crippen LogP contribution is -2.50. The van der Waals surface area contributed by atoms with Crippen molar-refractivity contribution in [3.8, 4) is 0 Å². The number of hydrogen-bond acceptors (Lipinski definition) is 4. The van der Waals surface area contributed by atoms with Crippen molar-refractivity contribution >= 4 is 15.9 Å². The summed E-state index contributed by atoms with van der Waals surface area (Å²) in [7, 11) is -0.716. The van der Waals surface area contributed by atoms with Crippen molar-refractivity contribution in [3.63, 3.8) is 0 Å². The van der Waals surface area contributed by atoms with Crippen LogP contribution in [0.4, 0.5) is 0 Å². The minimum absolute atomic E-state index is 0.0736. The zero-order valence-electron chi connectivity index (χ0n) is 14.3. The second-order valence-corrected chi connectivity index (χ2v) is 8.53. The average Bonchev–Trinajstić information content (AvgIpc) is 2.58.